The molecule has 1 saturated heterocycles. The van der Waals surface area contributed by atoms with Crippen LogP contribution in [0, 0.1) is 5.82 Å². The number of piperidine rings is 1. The lowest BCUT2D eigenvalue weighted by molar-refractivity contribution is 0.0707. The van der Waals surface area contributed by atoms with Gasteiger partial charge in [0.25, 0.3) is 5.91 Å². The van der Waals surface area contributed by atoms with Gasteiger partial charge in [-0.2, -0.15) is 0 Å². The smallest absolute Gasteiger partial charge is 0.274 e. The van der Waals surface area contributed by atoms with Gasteiger partial charge in [-0.15, -0.1) is 0 Å². The van der Waals surface area contributed by atoms with Crippen LogP contribution in [0.25, 0.3) is 10.9 Å². The fraction of sp³-hybridized carbons (Fsp3) is 0.278. The first-order valence-electron chi connectivity index (χ1n) is 8.04. The number of hydrogen-bond acceptors (Lipinski definition) is 3. The Morgan fingerprint density at radius 2 is 2.08 bits per heavy atom. The molecule has 6 heteroatoms. The van der Waals surface area contributed by atoms with Crippen molar-refractivity contribution >= 4 is 16.8 Å². The van der Waals surface area contributed by atoms with E-state index in [4.69, 9.17) is 0 Å². The summed E-state index contributed by atoms with van der Waals surface area (Å²) in [6.45, 7) is 1.38. The summed E-state index contributed by atoms with van der Waals surface area (Å²) in [5.41, 5.74) is 2.41. The summed E-state index contributed by atoms with van der Waals surface area (Å²) in [6.07, 6.45) is 8.33. The van der Waals surface area contributed by atoms with Crippen LogP contribution >= 0.6 is 0 Å². The van der Waals surface area contributed by atoms with E-state index in [-0.39, 0.29) is 11.7 Å². The molecule has 0 bridgehead atoms. The van der Waals surface area contributed by atoms with Crippen molar-refractivity contribution in [2.75, 3.05) is 13.1 Å². The Kier molecular flexibility index (Phi) is 3.72. The van der Waals surface area contributed by atoms with Gasteiger partial charge in [0.05, 0.1) is 6.20 Å². The molecule has 0 aliphatic carbocycles. The van der Waals surface area contributed by atoms with Crippen molar-refractivity contribution in [2.45, 2.75) is 18.8 Å². The van der Waals surface area contributed by atoms with Gasteiger partial charge in [0.1, 0.15) is 11.5 Å². The van der Waals surface area contributed by atoms with Gasteiger partial charge < -0.3 is 9.88 Å². The summed E-state index contributed by atoms with van der Waals surface area (Å²) in [7, 11) is 0. The van der Waals surface area contributed by atoms with Crippen LogP contribution in [0.1, 0.15) is 34.8 Å². The molecule has 0 unspecified atom stereocenters. The molecule has 5 nitrogen and oxygen atoms in total. The molecule has 0 radical (unpaired) electrons. The van der Waals surface area contributed by atoms with Crippen LogP contribution in [-0.4, -0.2) is 38.8 Å². The molecule has 1 N–H and O–H groups in total. The maximum atomic E-state index is 13.3. The van der Waals surface area contributed by atoms with E-state index in [1.54, 1.807) is 6.20 Å². The maximum Gasteiger partial charge on any atom is 0.274 e. The molecule has 0 atom stereocenters. The van der Waals surface area contributed by atoms with Gasteiger partial charge in [-0.05, 0) is 42.5 Å². The number of aromatic amines is 1. The largest absolute Gasteiger partial charge is 0.361 e. The normalized spacial score (nSPS) is 15.8. The van der Waals surface area contributed by atoms with E-state index in [0.717, 1.165) is 23.7 Å². The van der Waals surface area contributed by atoms with Crippen molar-refractivity contribution in [3.8, 4) is 0 Å². The number of amides is 1. The van der Waals surface area contributed by atoms with Crippen LogP contribution < -0.4 is 0 Å². The zero-order valence-electron chi connectivity index (χ0n) is 13.1. The van der Waals surface area contributed by atoms with Crippen LogP contribution in [0.5, 0.6) is 0 Å². The minimum absolute atomic E-state index is 0.0671. The van der Waals surface area contributed by atoms with E-state index < -0.39 is 0 Å². The number of hydrogen-bond donors (Lipinski definition) is 1. The summed E-state index contributed by atoms with van der Waals surface area (Å²) >= 11 is 0. The predicted octanol–water partition coefficient (Wildman–Crippen LogP) is 3.12. The monoisotopic (exact) mass is 324 g/mol. The standard InChI is InChI=1S/C18H17FN4O/c19-13-1-2-14-15(10-22-16(14)9-13)12-3-7-23(8-4-12)18(24)17-11-20-5-6-21-17/h1-2,5-6,9-12,22H,3-4,7-8H2. The molecule has 1 amide bonds. The van der Waals surface area contributed by atoms with Gasteiger partial charge >= 0.3 is 0 Å². The zero-order chi connectivity index (χ0) is 16.5. The first-order valence-corrected chi connectivity index (χ1v) is 8.04. The molecule has 1 aliphatic rings. The number of likely N-dealkylation sites (tertiary alicyclic amines) is 1. The third-order valence-corrected chi connectivity index (χ3v) is 4.68. The van der Waals surface area contributed by atoms with E-state index >= 15 is 0 Å². The SMILES string of the molecule is O=C(c1cnccn1)N1CCC(c2c[nH]c3cc(F)ccc23)CC1. The van der Waals surface area contributed by atoms with E-state index in [2.05, 4.69) is 15.0 Å². The number of carbonyl (C=O) groups excluding carboxylic acids is 1. The summed E-state index contributed by atoms with van der Waals surface area (Å²) < 4.78 is 13.3. The van der Waals surface area contributed by atoms with Crippen LogP contribution in [0.4, 0.5) is 4.39 Å². The second kappa shape index (κ2) is 6.03. The zero-order valence-corrected chi connectivity index (χ0v) is 13.1. The number of nitrogens with zero attached hydrogens (tertiary/aromatic N) is 3. The highest BCUT2D eigenvalue weighted by atomic mass is 19.1. The van der Waals surface area contributed by atoms with Crippen molar-refractivity contribution in [3.05, 3.63) is 60.1 Å². The fourth-order valence-electron chi connectivity index (χ4n) is 3.42. The number of benzene rings is 1. The average molecular weight is 324 g/mol. The molecule has 1 aliphatic heterocycles. The van der Waals surface area contributed by atoms with Crippen molar-refractivity contribution in [2.24, 2.45) is 0 Å². The Labute approximate surface area is 138 Å². The predicted molar refractivity (Wildman–Crippen MR) is 88.2 cm³/mol. The summed E-state index contributed by atoms with van der Waals surface area (Å²) in [4.78, 5) is 25.4. The van der Waals surface area contributed by atoms with Gasteiger partial charge in [-0.25, -0.2) is 9.37 Å². The third kappa shape index (κ3) is 2.64. The number of carbonyl (C=O) groups is 1. The Balaban J connectivity index is 1.48. The van der Waals surface area contributed by atoms with Gasteiger partial charge in [0.2, 0.25) is 0 Å². The van der Waals surface area contributed by atoms with Gasteiger partial charge in [0, 0.05) is 42.6 Å². The number of rotatable bonds is 2. The topological polar surface area (TPSA) is 61.9 Å². The molecule has 3 heterocycles. The van der Waals surface area contributed by atoms with Crippen LogP contribution in [0.2, 0.25) is 0 Å². The Bertz CT molecular complexity index is 869. The molecular weight excluding hydrogens is 307 g/mol. The number of fused-ring (bicyclic) bond motifs is 1. The minimum Gasteiger partial charge on any atom is -0.361 e. The van der Waals surface area contributed by atoms with Crippen molar-refractivity contribution in [1.29, 1.82) is 0 Å². The number of nitrogens with one attached hydrogen (secondary N) is 1. The van der Waals surface area contributed by atoms with E-state index in [9.17, 15) is 9.18 Å². The van der Waals surface area contributed by atoms with Crippen LogP contribution in [-0.2, 0) is 0 Å². The van der Waals surface area contributed by atoms with E-state index in [1.165, 1.54) is 30.1 Å². The lowest BCUT2D eigenvalue weighted by Gasteiger charge is -2.31. The molecule has 1 aromatic carbocycles. The number of halogens is 1. The Hall–Kier alpha value is -2.76. The van der Waals surface area contributed by atoms with E-state index in [0.29, 0.717) is 24.7 Å². The highest BCUT2D eigenvalue weighted by Crippen LogP contribution is 2.33. The molecule has 1 fully saturated rings. The molecule has 3 aromatic rings. The Morgan fingerprint density at radius 1 is 1.25 bits per heavy atom. The number of aromatic nitrogens is 3. The van der Waals surface area contributed by atoms with Gasteiger partial charge in [-0.1, -0.05) is 0 Å². The van der Waals surface area contributed by atoms with E-state index in [1.807, 2.05) is 17.2 Å². The molecule has 0 spiro atoms. The summed E-state index contributed by atoms with van der Waals surface area (Å²) in [5, 5.41) is 1.06. The van der Waals surface area contributed by atoms with Crippen LogP contribution in [0.3, 0.4) is 0 Å². The van der Waals surface area contributed by atoms with Crippen molar-refractivity contribution < 1.29 is 9.18 Å². The van der Waals surface area contributed by atoms with Crippen LogP contribution in [0.15, 0.2) is 43.0 Å². The molecule has 0 saturated carbocycles. The maximum absolute atomic E-state index is 13.3. The summed E-state index contributed by atoms with van der Waals surface area (Å²) in [5.74, 6) is 0.0675. The first-order chi connectivity index (χ1) is 11.7. The second-order valence-corrected chi connectivity index (χ2v) is 6.09. The molecule has 4 rings (SSSR count). The van der Waals surface area contributed by atoms with Crippen molar-refractivity contribution in [1.82, 2.24) is 19.9 Å². The average Bonchev–Trinajstić information content (AvgIpc) is 3.05. The fourth-order valence-corrected chi connectivity index (χ4v) is 3.42. The lowest BCUT2D eigenvalue weighted by atomic mass is 9.89. The molecular formula is C18H17FN4O. The minimum atomic E-state index is -0.236. The third-order valence-electron chi connectivity index (χ3n) is 4.68. The Morgan fingerprint density at radius 3 is 2.83 bits per heavy atom. The first kappa shape index (κ1) is 14.8. The van der Waals surface area contributed by atoms with Crippen molar-refractivity contribution in [3.63, 3.8) is 0 Å². The quantitative estimate of drug-likeness (QED) is 0.788. The lowest BCUT2D eigenvalue weighted by Crippen LogP contribution is -2.38. The molecule has 2 aromatic heterocycles. The number of H-pyrrole nitrogens is 1. The second-order valence-electron chi connectivity index (χ2n) is 6.09. The molecule has 24 heavy (non-hydrogen) atoms. The van der Waals surface area contributed by atoms with Gasteiger partial charge in [0.15, 0.2) is 0 Å². The summed E-state index contributed by atoms with van der Waals surface area (Å²) in [6, 6.07) is 4.84. The highest BCUT2D eigenvalue weighted by Gasteiger charge is 2.26. The molecule has 122 valence electrons. The van der Waals surface area contributed by atoms with Gasteiger partial charge in [-0.3, -0.25) is 9.78 Å². The highest BCUT2D eigenvalue weighted by molar-refractivity contribution is 5.92.